The fourth-order valence-electron chi connectivity index (χ4n) is 4.50. The largest absolute Gasteiger partial charge is 0.482 e. The number of halogens is 3. The van der Waals surface area contributed by atoms with Crippen molar-refractivity contribution < 1.29 is 9.53 Å². The van der Waals surface area contributed by atoms with E-state index in [2.05, 4.69) is 5.43 Å². The predicted molar refractivity (Wildman–Crippen MR) is 133 cm³/mol. The number of carbonyl (C=O) groups is 1. The lowest BCUT2D eigenvalue weighted by atomic mass is 9.89. The molecule has 6 nitrogen and oxygen atoms in total. The first kappa shape index (κ1) is 23.9. The van der Waals surface area contributed by atoms with Crippen molar-refractivity contribution in [2.75, 3.05) is 13.1 Å². The Morgan fingerprint density at radius 3 is 2.55 bits per heavy atom. The van der Waals surface area contributed by atoms with Gasteiger partial charge in [-0.05, 0) is 57.0 Å². The molecule has 33 heavy (non-hydrogen) atoms. The molecule has 2 aliphatic heterocycles. The zero-order valence-electron chi connectivity index (χ0n) is 18.4. The molecule has 174 valence electrons. The minimum atomic E-state index is -0.768. The van der Waals surface area contributed by atoms with E-state index in [9.17, 15) is 4.79 Å². The van der Waals surface area contributed by atoms with E-state index in [1.807, 2.05) is 49.2 Å². The fourth-order valence-corrected chi connectivity index (χ4v) is 4.99. The Bertz CT molecular complexity index is 1200. The van der Waals surface area contributed by atoms with E-state index in [1.54, 1.807) is 16.8 Å². The molecule has 1 N–H and O–H groups in total. The van der Waals surface area contributed by atoms with Crippen molar-refractivity contribution in [1.29, 1.82) is 0 Å². The predicted octanol–water partition coefficient (Wildman–Crippen LogP) is 6.03. The number of rotatable bonds is 3. The summed E-state index contributed by atoms with van der Waals surface area (Å²) in [5, 5.41) is 7.74. The van der Waals surface area contributed by atoms with Crippen molar-refractivity contribution >= 4 is 41.5 Å². The highest BCUT2D eigenvalue weighted by Gasteiger charge is 2.41. The van der Waals surface area contributed by atoms with Gasteiger partial charge >= 0.3 is 0 Å². The van der Waals surface area contributed by atoms with Gasteiger partial charge in [-0.3, -0.25) is 10.2 Å². The molecular weight excluding hydrogens is 483 g/mol. The smallest absolute Gasteiger partial charge is 0.286 e. The van der Waals surface area contributed by atoms with Gasteiger partial charge in [0.25, 0.3) is 5.91 Å². The Morgan fingerprint density at radius 1 is 1.09 bits per heavy atom. The topological polar surface area (TPSA) is 59.4 Å². The van der Waals surface area contributed by atoms with Gasteiger partial charge in [-0.15, -0.1) is 12.4 Å². The number of nitrogens with one attached hydrogen (secondary N) is 1. The molecule has 1 amide bonds. The van der Waals surface area contributed by atoms with Crippen LogP contribution in [0.2, 0.25) is 10.0 Å². The Kier molecular flexibility index (Phi) is 6.65. The number of aromatic nitrogens is 2. The molecule has 2 aliphatic rings. The van der Waals surface area contributed by atoms with E-state index in [0.29, 0.717) is 21.4 Å². The van der Waals surface area contributed by atoms with Crippen LogP contribution < -0.4 is 10.2 Å². The first-order chi connectivity index (χ1) is 15.3. The molecule has 9 heteroatoms. The number of benzene rings is 2. The number of ether oxygens (including phenoxy) is 1. The molecule has 0 bridgehead atoms. The molecule has 0 aliphatic carbocycles. The highest BCUT2D eigenvalue weighted by atomic mass is 35.5. The van der Waals surface area contributed by atoms with Gasteiger partial charge in [0.15, 0.2) is 5.69 Å². The molecular formula is C24H25Cl3N4O2. The molecule has 1 fully saturated rings. The van der Waals surface area contributed by atoms with E-state index in [-0.39, 0.29) is 18.3 Å². The van der Waals surface area contributed by atoms with Gasteiger partial charge in [-0.2, -0.15) is 5.10 Å². The molecule has 1 saturated heterocycles. The number of hydrogen-bond acceptors (Lipinski definition) is 4. The van der Waals surface area contributed by atoms with Crippen LogP contribution in [0.5, 0.6) is 5.75 Å². The number of nitrogens with zero attached hydrogens (tertiary/aromatic N) is 3. The van der Waals surface area contributed by atoms with E-state index >= 15 is 0 Å². The highest BCUT2D eigenvalue weighted by Crippen LogP contribution is 2.47. The summed E-state index contributed by atoms with van der Waals surface area (Å²) in [5.41, 5.74) is 5.64. The lowest BCUT2D eigenvalue weighted by Crippen LogP contribution is -2.46. The van der Waals surface area contributed by atoms with Crippen LogP contribution in [0, 0.1) is 0 Å². The van der Waals surface area contributed by atoms with E-state index in [1.165, 1.54) is 6.42 Å². The molecule has 5 rings (SSSR count). The Balaban J connectivity index is 0.00000259. The fraction of sp³-hybridized carbons (Fsp3) is 0.333. The molecule has 0 radical (unpaired) electrons. The van der Waals surface area contributed by atoms with Crippen LogP contribution in [0.25, 0.3) is 16.9 Å². The third-order valence-electron chi connectivity index (χ3n) is 5.96. The van der Waals surface area contributed by atoms with Gasteiger partial charge in [-0.1, -0.05) is 41.8 Å². The van der Waals surface area contributed by atoms with Gasteiger partial charge in [0.1, 0.15) is 11.4 Å². The van der Waals surface area contributed by atoms with Gasteiger partial charge in [0.05, 0.1) is 22.0 Å². The number of carbonyl (C=O) groups excluding carboxylic acids is 1. The number of amides is 1. The lowest BCUT2D eigenvalue weighted by Gasteiger charge is -2.34. The lowest BCUT2D eigenvalue weighted by molar-refractivity contribution is 0.0720. The quantitative estimate of drug-likeness (QED) is 0.470. The number of piperidine rings is 1. The van der Waals surface area contributed by atoms with Crippen molar-refractivity contribution in [3.63, 3.8) is 0 Å². The van der Waals surface area contributed by atoms with Crippen LogP contribution in [-0.4, -0.2) is 33.8 Å². The van der Waals surface area contributed by atoms with Crippen LogP contribution in [0.4, 0.5) is 0 Å². The van der Waals surface area contributed by atoms with Gasteiger partial charge in [0.2, 0.25) is 0 Å². The Hall–Kier alpha value is -2.25. The maximum atomic E-state index is 13.4. The first-order valence-electron chi connectivity index (χ1n) is 10.8. The number of fused-ring (bicyclic) bond motifs is 3. The Labute approximate surface area is 209 Å². The minimum Gasteiger partial charge on any atom is -0.482 e. The third kappa shape index (κ3) is 4.33. The van der Waals surface area contributed by atoms with Crippen molar-refractivity contribution in [1.82, 2.24) is 20.2 Å². The summed E-state index contributed by atoms with van der Waals surface area (Å²) in [4.78, 5) is 13.4. The zero-order valence-corrected chi connectivity index (χ0v) is 20.7. The summed E-state index contributed by atoms with van der Waals surface area (Å²) in [5.74, 6) is 0.488. The molecule has 0 spiro atoms. The second kappa shape index (κ2) is 9.18. The van der Waals surface area contributed by atoms with Crippen molar-refractivity contribution in [2.45, 2.75) is 38.7 Å². The van der Waals surface area contributed by atoms with Crippen molar-refractivity contribution in [3.8, 4) is 22.7 Å². The van der Waals surface area contributed by atoms with E-state index in [0.717, 1.165) is 48.5 Å². The summed E-state index contributed by atoms with van der Waals surface area (Å²) in [6.45, 7) is 5.57. The van der Waals surface area contributed by atoms with Gasteiger partial charge in [-0.25, -0.2) is 9.69 Å². The van der Waals surface area contributed by atoms with Crippen molar-refractivity contribution in [3.05, 3.63) is 63.8 Å². The maximum absolute atomic E-state index is 13.4. The van der Waals surface area contributed by atoms with Crippen molar-refractivity contribution in [2.24, 2.45) is 0 Å². The minimum absolute atomic E-state index is 0. The molecule has 0 saturated carbocycles. The van der Waals surface area contributed by atoms with Crippen LogP contribution in [0.1, 0.15) is 49.2 Å². The summed E-state index contributed by atoms with van der Waals surface area (Å²) >= 11 is 12.7. The van der Waals surface area contributed by atoms with E-state index < -0.39 is 5.60 Å². The second-order valence-electron chi connectivity index (χ2n) is 8.68. The second-order valence-corrected chi connectivity index (χ2v) is 9.52. The van der Waals surface area contributed by atoms with E-state index in [4.69, 9.17) is 33.0 Å². The van der Waals surface area contributed by atoms with Gasteiger partial charge < -0.3 is 4.74 Å². The van der Waals surface area contributed by atoms with Crippen LogP contribution in [0.3, 0.4) is 0 Å². The monoisotopic (exact) mass is 506 g/mol. The van der Waals surface area contributed by atoms with Gasteiger partial charge in [0, 0.05) is 23.7 Å². The Morgan fingerprint density at radius 2 is 1.82 bits per heavy atom. The average molecular weight is 508 g/mol. The summed E-state index contributed by atoms with van der Waals surface area (Å²) in [6, 6.07) is 13.0. The molecule has 2 aromatic carbocycles. The molecule has 0 atom stereocenters. The van der Waals surface area contributed by atoms with Crippen LogP contribution in [-0.2, 0) is 5.60 Å². The maximum Gasteiger partial charge on any atom is 0.286 e. The standard InChI is InChI=1S/C24H24Cl2N4O2.ClH/c1-24(2)20-21(23(31)28-29-12-6-3-7-13-29)27-30(18-11-10-15(25)14-17(18)26)22(20)16-8-4-5-9-19(16)32-24;/h4-5,8-11,14H,3,6-7,12-13H2,1-2H3,(H,28,31);1H. The zero-order chi connectivity index (χ0) is 22.5. The molecule has 1 aromatic heterocycles. The number of hydrazine groups is 1. The number of para-hydroxylation sites is 1. The summed E-state index contributed by atoms with van der Waals surface area (Å²) in [6.07, 6.45) is 3.31. The normalized spacial score (nSPS) is 16.7. The molecule has 3 heterocycles. The highest BCUT2D eigenvalue weighted by molar-refractivity contribution is 6.35. The molecule has 0 unspecified atom stereocenters. The molecule has 3 aromatic rings. The summed E-state index contributed by atoms with van der Waals surface area (Å²) < 4.78 is 8.06. The summed E-state index contributed by atoms with van der Waals surface area (Å²) in [7, 11) is 0. The third-order valence-corrected chi connectivity index (χ3v) is 6.50. The van der Waals surface area contributed by atoms with Crippen LogP contribution in [0.15, 0.2) is 42.5 Å². The first-order valence-corrected chi connectivity index (χ1v) is 11.5. The SMILES string of the molecule is CC1(C)Oc2ccccc2-c2c1c(C(=O)NN1CCCCC1)nn2-c1ccc(Cl)cc1Cl.Cl. The number of hydrogen-bond donors (Lipinski definition) is 1. The van der Waals surface area contributed by atoms with Crippen LogP contribution >= 0.6 is 35.6 Å². The average Bonchev–Trinajstić information content (AvgIpc) is 3.16.